The van der Waals surface area contributed by atoms with Crippen LogP contribution in [-0.2, 0) is 11.3 Å². The molecule has 3 N–H and O–H groups in total. The fourth-order valence-corrected chi connectivity index (χ4v) is 1.91. The number of hydrogen-bond acceptors (Lipinski definition) is 4. The lowest BCUT2D eigenvalue weighted by Gasteiger charge is -2.18. The standard InChI is InChI=1S/C15H24FNO3/c1-11(7-12(2)18)17-8-14(19)10-20-9-13-5-3-4-6-15(13)16/h3-6,11-12,14,17-19H,7-10H2,1-2H3. The van der Waals surface area contributed by atoms with Crippen LogP contribution in [0.1, 0.15) is 25.8 Å². The van der Waals surface area contributed by atoms with E-state index in [2.05, 4.69) is 5.32 Å². The van der Waals surface area contributed by atoms with Crippen molar-refractivity contribution in [2.45, 2.75) is 45.1 Å². The second-order valence-corrected chi connectivity index (χ2v) is 5.15. The molecule has 3 unspecified atom stereocenters. The Morgan fingerprint density at radius 1 is 1.25 bits per heavy atom. The van der Waals surface area contributed by atoms with Gasteiger partial charge >= 0.3 is 0 Å². The summed E-state index contributed by atoms with van der Waals surface area (Å²) in [6.45, 7) is 4.34. The van der Waals surface area contributed by atoms with E-state index in [9.17, 15) is 14.6 Å². The van der Waals surface area contributed by atoms with Gasteiger partial charge in [0.25, 0.3) is 0 Å². The first-order valence-electron chi connectivity index (χ1n) is 6.89. The molecule has 0 aromatic heterocycles. The predicted octanol–water partition coefficient (Wildman–Crippen LogP) is 1.45. The summed E-state index contributed by atoms with van der Waals surface area (Å²) >= 11 is 0. The predicted molar refractivity (Wildman–Crippen MR) is 75.8 cm³/mol. The van der Waals surface area contributed by atoms with Crippen molar-refractivity contribution in [2.75, 3.05) is 13.2 Å². The van der Waals surface area contributed by atoms with E-state index in [1.54, 1.807) is 25.1 Å². The minimum atomic E-state index is -0.654. The van der Waals surface area contributed by atoms with Gasteiger partial charge in [-0.15, -0.1) is 0 Å². The Bertz CT molecular complexity index is 387. The number of benzene rings is 1. The van der Waals surface area contributed by atoms with E-state index in [0.29, 0.717) is 18.5 Å². The molecule has 0 bridgehead atoms. The van der Waals surface area contributed by atoms with Crippen LogP contribution in [0, 0.1) is 5.82 Å². The molecule has 114 valence electrons. The quantitative estimate of drug-likeness (QED) is 0.643. The SMILES string of the molecule is CC(O)CC(C)NCC(O)COCc1ccccc1F. The number of rotatable bonds is 9. The monoisotopic (exact) mass is 285 g/mol. The zero-order valence-electron chi connectivity index (χ0n) is 12.1. The van der Waals surface area contributed by atoms with E-state index in [1.807, 2.05) is 6.92 Å². The minimum Gasteiger partial charge on any atom is -0.393 e. The van der Waals surface area contributed by atoms with Gasteiger partial charge in [-0.1, -0.05) is 18.2 Å². The van der Waals surface area contributed by atoms with Gasteiger partial charge in [-0.2, -0.15) is 0 Å². The zero-order chi connectivity index (χ0) is 15.0. The maximum atomic E-state index is 13.3. The highest BCUT2D eigenvalue weighted by Crippen LogP contribution is 2.07. The average molecular weight is 285 g/mol. The molecule has 20 heavy (non-hydrogen) atoms. The Labute approximate surface area is 119 Å². The van der Waals surface area contributed by atoms with E-state index in [1.165, 1.54) is 6.07 Å². The van der Waals surface area contributed by atoms with Crippen LogP contribution < -0.4 is 5.32 Å². The number of hydrogen-bond donors (Lipinski definition) is 3. The molecule has 0 amide bonds. The van der Waals surface area contributed by atoms with Crippen LogP contribution in [0.2, 0.25) is 0 Å². The molecule has 0 heterocycles. The van der Waals surface area contributed by atoms with Crippen molar-refractivity contribution in [1.82, 2.24) is 5.32 Å². The second kappa shape index (κ2) is 9.02. The van der Waals surface area contributed by atoms with Crippen LogP contribution in [-0.4, -0.2) is 41.6 Å². The van der Waals surface area contributed by atoms with E-state index in [4.69, 9.17) is 4.74 Å². The summed E-state index contributed by atoms with van der Waals surface area (Å²) < 4.78 is 18.6. The normalized spacial score (nSPS) is 15.8. The fourth-order valence-electron chi connectivity index (χ4n) is 1.91. The van der Waals surface area contributed by atoms with Crippen molar-refractivity contribution in [3.63, 3.8) is 0 Å². The van der Waals surface area contributed by atoms with Crippen molar-refractivity contribution >= 4 is 0 Å². The summed E-state index contributed by atoms with van der Waals surface area (Å²) in [5.41, 5.74) is 0.482. The van der Waals surface area contributed by atoms with Gasteiger partial charge in [-0.05, 0) is 26.3 Å². The molecule has 5 heteroatoms. The van der Waals surface area contributed by atoms with Crippen LogP contribution >= 0.6 is 0 Å². The summed E-state index contributed by atoms with van der Waals surface area (Å²) in [5, 5.41) is 22.1. The van der Waals surface area contributed by atoms with Crippen molar-refractivity contribution < 1.29 is 19.3 Å². The Hall–Kier alpha value is -1.01. The van der Waals surface area contributed by atoms with Gasteiger partial charge in [0.05, 0.1) is 25.4 Å². The molecular weight excluding hydrogens is 261 g/mol. The van der Waals surface area contributed by atoms with Crippen LogP contribution in [0.4, 0.5) is 4.39 Å². The Balaban J connectivity index is 2.17. The number of nitrogens with one attached hydrogen (secondary N) is 1. The molecule has 0 aliphatic heterocycles. The molecule has 0 fully saturated rings. The summed E-state index contributed by atoms with van der Waals surface area (Å²) in [7, 11) is 0. The fraction of sp³-hybridized carbons (Fsp3) is 0.600. The lowest BCUT2D eigenvalue weighted by atomic mass is 10.1. The van der Waals surface area contributed by atoms with Crippen molar-refractivity contribution in [1.29, 1.82) is 0 Å². The van der Waals surface area contributed by atoms with Crippen molar-refractivity contribution in [3.05, 3.63) is 35.6 Å². The van der Waals surface area contributed by atoms with Gasteiger partial charge in [0.2, 0.25) is 0 Å². The molecule has 0 spiro atoms. The molecule has 1 aromatic carbocycles. The molecule has 3 atom stereocenters. The third kappa shape index (κ3) is 6.96. The molecule has 4 nitrogen and oxygen atoms in total. The average Bonchev–Trinajstić information content (AvgIpc) is 2.38. The highest BCUT2D eigenvalue weighted by molar-refractivity contribution is 5.16. The maximum Gasteiger partial charge on any atom is 0.128 e. The largest absolute Gasteiger partial charge is 0.393 e. The topological polar surface area (TPSA) is 61.7 Å². The maximum absolute atomic E-state index is 13.3. The molecule has 0 aliphatic carbocycles. The smallest absolute Gasteiger partial charge is 0.128 e. The van der Waals surface area contributed by atoms with Crippen LogP contribution in [0.25, 0.3) is 0 Å². The van der Waals surface area contributed by atoms with E-state index in [-0.39, 0.29) is 31.2 Å². The van der Waals surface area contributed by atoms with Crippen LogP contribution in [0.15, 0.2) is 24.3 Å². The molecule has 0 saturated carbocycles. The van der Waals surface area contributed by atoms with Crippen LogP contribution in [0.3, 0.4) is 0 Å². The first-order chi connectivity index (χ1) is 9.49. The van der Waals surface area contributed by atoms with Crippen molar-refractivity contribution in [2.24, 2.45) is 0 Å². The van der Waals surface area contributed by atoms with Gasteiger partial charge in [0.15, 0.2) is 0 Å². The third-order valence-electron chi connectivity index (χ3n) is 2.92. The van der Waals surface area contributed by atoms with Gasteiger partial charge in [-0.3, -0.25) is 0 Å². The molecular formula is C15H24FNO3. The van der Waals surface area contributed by atoms with Crippen LogP contribution in [0.5, 0.6) is 0 Å². The van der Waals surface area contributed by atoms with E-state index >= 15 is 0 Å². The van der Waals surface area contributed by atoms with E-state index in [0.717, 1.165) is 0 Å². The lowest BCUT2D eigenvalue weighted by molar-refractivity contribution is 0.0261. The first kappa shape index (κ1) is 17.0. The third-order valence-corrected chi connectivity index (χ3v) is 2.92. The van der Waals surface area contributed by atoms with Gasteiger partial charge < -0.3 is 20.3 Å². The summed E-state index contributed by atoms with van der Waals surface area (Å²) in [6, 6.07) is 6.54. The molecule has 1 rings (SSSR count). The molecule has 0 saturated heterocycles. The highest BCUT2D eigenvalue weighted by atomic mass is 19.1. The Kier molecular flexibility index (Phi) is 7.69. The van der Waals surface area contributed by atoms with Gasteiger partial charge in [0.1, 0.15) is 5.82 Å². The van der Waals surface area contributed by atoms with Gasteiger partial charge in [0, 0.05) is 18.2 Å². The lowest BCUT2D eigenvalue weighted by Crippen LogP contribution is -2.37. The molecule has 0 aliphatic rings. The van der Waals surface area contributed by atoms with Gasteiger partial charge in [-0.25, -0.2) is 4.39 Å². The number of halogens is 1. The first-order valence-corrected chi connectivity index (χ1v) is 6.89. The minimum absolute atomic E-state index is 0.121. The van der Waals surface area contributed by atoms with E-state index < -0.39 is 6.10 Å². The Morgan fingerprint density at radius 2 is 1.95 bits per heavy atom. The molecule has 1 aromatic rings. The summed E-state index contributed by atoms with van der Waals surface area (Å²) in [5.74, 6) is -0.300. The summed E-state index contributed by atoms with van der Waals surface area (Å²) in [4.78, 5) is 0. The molecule has 0 radical (unpaired) electrons. The number of aliphatic hydroxyl groups excluding tert-OH is 2. The zero-order valence-corrected chi connectivity index (χ0v) is 12.1. The second-order valence-electron chi connectivity index (χ2n) is 5.15. The summed E-state index contributed by atoms with van der Waals surface area (Å²) in [6.07, 6.45) is -0.395. The number of ether oxygens (including phenoxy) is 1. The highest BCUT2D eigenvalue weighted by Gasteiger charge is 2.10. The number of aliphatic hydroxyl groups is 2. The Morgan fingerprint density at radius 3 is 2.60 bits per heavy atom. The van der Waals surface area contributed by atoms with Crippen molar-refractivity contribution in [3.8, 4) is 0 Å².